The zero-order chi connectivity index (χ0) is 12.1. The molecule has 1 aromatic carbocycles. The van der Waals surface area contributed by atoms with Crippen LogP contribution in [0.15, 0.2) is 18.2 Å². The molecule has 0 radical (unpaired) electrons. The van der Waals surface area contributed by atoms with E-state index in [0.29, 0.717) is 12.0 Å². The van der Waals surface area contributed by atoms with Crippen molar-refractivity contribution in [1.29, 1.82) is 0 Å². The zero-order valence-electron chi connectivity index (χ0n) is 9.38. The molecule has 84 valence electrons. The number of aryl methyl sites for hydroxylation is 1. The molecule has 1 N–H and O–H groups in total. The Morgan fingerprint density at radius 3 is 2.88 bits per heavy atom. The summed E-state index contributed by atoms with van der Waals surface area (Å²) in [5.41, 5.74) is 0.482. The van der Waals surface area contributed by atoms with Gasteiger partial charge in [-0.2, -0.15) is 0 Å². The van der Waals surface area contributed by atoms with E-state index in [2.05, 4.69) is 11.2 Å². The third-order valence-corrected chi connectivity index (χ3v) is 2.35. The SMILES string of the molecule is C#CC(CC)NC(=O)c1cccc(C)c1F. The number of amides is 1. The zero-order valence-corrected chi connectivity index (χ0v) is 9.38. The minimum absolute atomic E-state index is 0.0358. The van der Waals surface area contributed by atoms with Gasteiger partial charge in [0.1, 0.15) is 5.82 Å². The van der Waals surface area contributed by atoms with Crippen LogP contribution in [0.4, 0.5) is 4.39 Å². The first kappa shape index (κ1) is 12.3. The molecule has 0 saturated heterocycles. The quantitative estimate of drug-likeness (QED) is 0.776. The van der Waals surface area contributed by atoms with Crippen molar-refractivity contribution in [2.24, 2.45) is 0 Å². The van der Waals surface area contributed by atoms with Gasteiger partial charge in [-0.3, -0.25) is 4.79 Å². The predicted molar refractivity (Wildman–Crippen MR) is 61.5 cm³/mol. The van der Waals surface area contributed by atoms with Crippen LogP contribution in [0.25, 0.3) is 0 Å². The van der Waals surface area contributed by atoms with Crippen LogP contribution in [0.3, 0.4) is 0 Å². The summed E-state index contributed by atoms with van der Waals surface area (Å²) in [5.74, 6) is 1.47. The van der Waals surface area contributed by atoms with Crippen LogP contribution >= 0.6 is 0 Å². The Morgan fingerprint density at radius 2 is 2.31 bits per heavy atom. The Morgan fingerprint density at radius 1 is 1.62 bits per heavy atom. The topological polar surface area (TPSA) is 29.1 Å². The van der Waals surface area contributed by atoms with Gasteiger partial charge in [0.25, 0.3) is 5.91 Å². The molecule has 2 nitrogen and oxygen atoms in total. The Kier molecular flexibility index (Phi) is 4.07. The van der Waals surface area contributed by atoms with Crippen LogP contribution in [0.2, 0.25) is 0 Å². The minimum Gasteiger partial charge on any atom is -0.338 e. The number of hydrogen-bond acceptors (Lipinski definition) is 1. The molecule has 0 aliphatic rings. The van der Waals surface area contributed by atoms with Gasteiger partial charge in [-0.15, -0.1) is 6.42 Å². The van der Waals surface area contributed by atoms with Gasteiger partial charge in [-0.1, -0.05) is 25.0 Å². The fraction of sp³-hybridized carbons (Fsp3) is 0.308. The van der Waals surface area contributed by atoms with Gasteiger partial charge in [0.2, 0.25) is 0 Å². The highest BCUT2D eigenvalue weighted by atomic mass is 19.1. The number of nitrogens with one attached hydrogen (secondary N) is 1. The summed E-state index contributed by atoms with van der Waals surface area (Å²) in [6, 6.07) is 4.35. The first-order valence-electron chi connectivity index (χ1n) is 5.12. The van der Waals surface area contributed by atoms with Gasteiger partial charge >= 0.3 is 0 Å². The summed E-state index contributed by atoms with van der Waals surface area (Å²) in [4.78, 5) is 11.7. The van der Waals surface area contributed by atoms with E-state index in [1.54, 1.807) is 19.1 Å². The molecule has 0 aliphatic carbocycles. The standard InChI is InChI=1S/C13H14FNO/c1-4-10(5-2)15-13(16)11-8-6-7-9(3)12(11)14/h1,6-8,10H,5H2,2-3H3,(H,15,16). The molecule has 0 aromatic heterocycles. The fourth-order valence-corrected chi connectivity index (χ4v) is 1.32. The molecule has 0 heterocycles. The molecular weight excluding hydrogens is 205 g/mol. The predicted octanol–water partition coefficient (Wildman–Crippen LogP) is 2.28. The van der Waals surface area contributed by atoms with Crippen molar-refractivity contribution < 1.29 is 9.18 Å². The normalized spacial score (nSPS) is 11.6. The fourth-order valence-electron chi connectivity index (χ4n) is 1.32. The highest BCUT2D eigenvalue weighted by molar-refractivity contribution is 5.95. The Labute approximate surface area is 94.9 Å². The van der Waals surface area contributed by atoms with Crippen LogP contribution < -0.4 is 5.32 Å². The van der Waals surface area contributed by atoms with E-state index >= 15 is 0 Å². The number of hydrogen-bond donors (Lipinski definition) is 1. The van der Waals surface area contributed by atoms with Crippen LogP contribution in [0.5, 0.6) is 0 Å². The first-order chi connectivity index (χ1) is 7.60. The van der Waals surface area contributed by atoms with Crippen molar-refractivity contribution in [1.82, 2.24) is 5.32 Å². The van der Waals surface area contributed by atoms with E-state index < -0.39 is 11.7 Å². The van der Waals surface area contributed by atoms with Crippen molar-refractivity contribution in [2.45, 2.75) is 26.3 Å². The van der Waals surface area contributed by atoms with Gasteiger partial charge < -0.3 is 5.32 Å². The highest BCUT2D eigenvalue weighted by Crippen LogP contribution is 2.11. The lowest BCUT2D eigenvalue weighted by Crippen LogP contribution is -2.33. The average molecular weight is 219 g/mol. The van der Waals surface area contributed by atoms with Crippen molar-refractivity contribution in [3.63, 3.8) is 0 Å². The van der Waals surface area contributed by atoms with Crippen molar-refractivity contribution in [3.8, 4) is 12.3 Å². The molecule has 0 fully saturated rings. The molecule has 1 amide bonds. The summed E-state index contributed by atoms with van der Waals surface area (Å²) < 4.78 is 13.6. The number of terminal acetylenes is 1. The summed E-state index contributed by atoms with van der Waals surface area (Å²) >= 11 is 0. The number of rotatable bonds is 3. The monoisotopic (exact) mass is 219 g/mol. The van der Waals surface area contributed by atoms with Crippen LogP contribution in [-0.4, -0.2) is 11.9 Å². The van der Waals surface area contributed by atoms with E-state index in [1.807, 2.05) is 6.92 Å². The molecule has 0 bridgehead atoms. The van der Waals surface area contributed by atoms with Gasteiger partial charge in [0.15, 0.2) is 0 Å². The maximum Gasteiger partial charge on any atom is 0.255 e. The Hall–Kier alpha value is -1.82. The third-order valence-electron chi connectivity index (χ3n) is 2.35. The number of carbonyl (C=O) groups excluding carboxylic acids is 1. The molecule has 1 rings (SSSR count). The largest absolute Gasteiger partial charge is 0.338 e. The molecule has 16 heavy (non-hydrogen) atoms. The first-order valence-corrected chi connectivity index (χ1v) is 5.12. The molecule has 1 atom stereocenters. The van der Waals surface area contributed by atoms with Crippen LogP contribution in [-0.2, 0) is 0 Å². The molecule has 1 aromatic rings. The maximum absolute atomic E-state index is 13.6. The summed E-state index contributed by atoms with van der Waals surface area (Å²) in [6.07, 6.45) is 5.84. The third kappa shape index (κ3) is 2.60. The second kappa shape index (κ2) is 5.32. The van der Waals surface area contributed by atoms with E-state index in [1.165, 1.54) is 6.07 Å². The second-order valence-corrected chi connectivity index (χ2v) is 3.54. The average Bonchev–Trinajstić information content (AvgIpc) is 2.29. The van der Waals surface area contributed by atoms with Crippen molar-refractivity contribution in [3.05, 3.63) is 35.1 Å². The van der Waals surface area contributed by atoms with E-state index in [-0.39, 0.29) is 11.6 Å². The lowest BCUT2D eigenvalue weighted by molar-refractivity contribution is 0.0941. The van der Waals surface area contributed by atoms with Gasteiger partial charge in [-0.05, 0) is 25.0 Å². The Balaban J connectivity index is 2.90. The molecule has 0 spiro atoms. The minimum atomic E-state index is -0.494. The lowest BCUT2D eigenvalue weighted by atomic mass is 10.1. The molecular formula is C13H14FNO. The van der Waals surface area contributed by atoms with Gasteiger partial charge in [-0.25, -0.2) is 4.39 Å². The van der Waals surface area contributed by atoms with E-state index in [4.69, 9.17) is 6.42 Å². The molecule has 0 saturated carbocycles. The lowest BCUT2D eigenvalue weighted by Gasteiger charge is -2.11. The molecule has 0 aliphatic heterocycles. The van der Waals surface area contributed by atoms with Crippen LogP contribution in [0, 0.1) is 25.1 Å². The summed E-state index contributed by atoms with van der Waals surface area (Å²) in [7, 11) is 0. The van der Waals surface area contributed by atoms with Crippen LogP contribution in [0.1, 0.15) is 29.3 Å². The van der Waals surface area contributed by atoms with Gasteiger partial charge in [0.05, 0.1) is 11.6 Å². The maximum atomic E-state index is 13.6. The smallest absolute Gasteiger partial charge is 0.255 e. The second-order valence-electron chi connectivity index (χ2n) is 3.54. The number of halogens is 1. The molecule has 3 heteroatoms. The van der Waals surface area contributed by atoms with Gasteiger partial charge in [0, 0.05) is 0 Å². The van der Waals surface area contributed by atoms with Crippen molar-refractivity contribution >= 4 is 5.91 Å². The molecule has 1 unspecified atom stereocenters. The summed E-state index contributed by atoms with van der Waals surface area (Å²) in [6.45, 7) is 3.47. The Bertz CT molecular complexity index is 434. The van der Waals surface area contributed by atoms with E-state index in [0.717, 1.165) is 0 Å². The van der Waals surface area contributed by atoms with E-state index in [9.17, 15) is 9.18 Å². The highest BCUT2D eigenvalue weighted by Gasteiger charge is 2.15. The number of carbonyl (C=O) groups is 1. The summed E-state index contributed by atoms with van der Waals surface area (Å²) in [5, 5.41) is 2.59. The number of benzene rings is 1. The van der Waals surface area contributed by atoms with Crippen molar-refractivity contribution in [2.75, 3.05) is 0 Å².